The third-order valence-corrected chi connectivity index (χ3v) is 2.93. The van der Waals surface area contributed by atoms with Gasteiger partial charge in [-0.2, -0.15) is 0 Å². The lowest BCUT2D eigenvalue weighted by Crippen LogP contribution is -2.17. The fraction of sp³-hybridized carbons (Fsp3) is 0.462. The van der Waals surface area contributed by atoms with E-state index < -0.39 is 0 Å². The van der Waals surface area contributed by atoms with Crippen molar-refractivity contribution in [2.24, 2.45) is 0 Å². The van der Waals surface area contributed by atoms with Gasteiger partial charge in [0.15, 0.2) is 5.78 Å². The highest BCUT2D eigenvalue weighted by Crippen LogP contribution is 2.23. The first-order valence-corrected chi connectivity index (χ1v) is 5.71. The van der Waals surface area contributed by atoms with Crippen LogP contribution in [0.1, 0.15) is 22.8 Å². The summed E-state index contributed by atoms with van der Waals surface area (Å²) in [5, 5.41) is 3.14. The Morgan fingerprint density at radius 3 is 3.00 bits per heavy atom. The summed E-state index contributed by atoms with van der Waals surface area (Å²) in [7, 11) is 1.64. The van der Waals surface area contributed by atoms with Gasteiger partial charge in [-0.15, -0.1) is 0 Å². The van der Waals surface area contributed by atoms with Crippen molar-refractivity contribution >= 4 is 5.78 Å². The van der Waals surface area contributed by atoms with Crippen molar-refractivity contribution in [3.05, 3.63) is 29.3 Å². The fourth-order valence-corrected chi connectivity index (χ4v) is 1.99. The zero-order valence-corrected chi connectivity index (χ0v) is 10.2. The number of ketones is 1. The number of ether oxygens (including phenoxy) is 2. The van der Waals surface area contributed by atoms with Crippen molar-refractivity contribution in [1.29, 1.82) is 0 Å². The minimum Gasteiger partial charge on any atom is -0.496 e. The summed E-state index contributed by atoms with van der Waals surface area (Å²) in [6, 6.07) is 5.52. The molecule has 17 heavy (non-hydrogen) atoms. The second-order valence-corrected chi connectivity index (χ2v) is 4.17. The fourth-order valence-electron chi connectivity index (χ4n) is 1.99. The Kier molecular flexibility index (Phi) is 3.76. The number of carbonyl (C=O) groups excluding carboxylic acids is 1. The molecule has 0 aromatic heterocycles. The number of Topliss-reactive ketones (excluding diaryl/α,β-unsaturated/α-hetero) is 1. The molecule has 1 aromatic rings. The summed E-state index contributed by atoms with van der Waals surface area (Å²) in [5.41, 5.74) is 1.74. The van der Waals surface area contributed by atoms with Crippen LogP contribution in [0.15, 0.2) is 18.2 Å². The molecule has 1 heterocycles. The van der Waals surface area contributed by atoms with Crippen LogP contribution in [0.3, 0.4) is 0 Å². The topological polar surface area (TPSA) is 47.6 Å². The van der Waals surface area contributed by atoms with E-state index >= 15 is 0 Å². The average molecular weight is 235 g/mol. The van der Waals surface area contributed by atoms with Crippen molar-refractivity contribution in [2.45, 2.75) is 19.4 Å². The molecule has 1 unspecified atom stereocenters. The summed E-state index contributed by atoms with van der Waals surface area (Å²) in [6.07, 6.45) is 0.920. The lowest BCUT2D eigenvalue weighted by molar-refractivity contribution is 0.101. The van der Waals surface area contributed by atoms with Crippen LogP contribution < -0.4 is 10.1 Å². The number of rotatable bonds is 4. The highest BCUT2D eigenvalue weighted by Gasteiger charge is 2.18. The first kappa shape index (κ1) is 12.1. The van der Waals surface area contributed by atoms with Crippen LogP contribution in [-0.2, 0) is 11.2 Å². The molecule has 0 amide bonds. The van der Waals surface area contributed by atoms with Crippen LogP contribution in [0.2, 0.25) is 0 Å². The molecule has 1 atom stereocenters. The van der Waals surface area contributed by atoms with Gasteiger partial charge < -0.3 is 9.47 Å². The lowest BCUT2D eigenvalue weighted by Gasteiger charge is -2.13. The van der Waals surface area contributed by atoms with Gasteiger partial charge in [0, 0.05) is 18.5 Å². The quantitative estimate of drug-likeness (QED) is 0.801. The number of nitrogens with one attached hydrogen (secondary N) is 1. The van der Waals surface area contributed by atoms with E-state index in [1.54, 1.807) is 20.1 Å². The van der Waals surface area contributed by atoms with Crippen molar-refractivity contribution in [1.82, 2.24) is 5.32 Å². The molecule has 0 spiro atoms. The molecular weight excluding hydrogens is 218 g/mol. The molecule has 1 aliphatic heterocycles. The van der Waals surface area contributed by atoms with Gasteiger partial charge in [0.05, 0.1) is 19.9 Å². The van der Waals surface area contributed by atoms with E-state index in [0.717, 1.165) is 24.3 Å². The largest absolute Gasteiger partial charge is 0.496 e. The lowest BCUT2D eigenvalue weighted by atomic mass is 10.0. The average Bonchev–Trinajstić information content (AvgIpc) is 2.81. The Morgan fingerprint density at radius 1 is 1.59 bits per heavy atom. The maximum Gasteiger partial charge on any atom is 0.159 e. The van der Waals surface area contributed by atoms with Crippen LogP contribution in [0, 0.1) is 0 Å². The molecule has 1 N–H and O–H groups in total. The highest BCUT2D eigenvalue weighted by molar-refractivity contribution is 5.94. The van der Waals surface area contributed by atoms with Gasteiger partial charge >= 0.3 is 0 Å². The number of methoxy groups -OCH3 is 1. The first-order chi connectivity index (χ1) is 8.20. The Bertz CT molecular complexity index is 411. The van der Waals surface area contributed by atoms with Crippen molar-refractivity contribution in [3.8, 4) is 5.75 Å². The summed E-state index contributed by atoms with van der Waals surface area (Å²) < 4.78 is 10.8. The minimum absolute atomic E-state index is 0.0689. The monoisotopic (exact) mass is 235 g/mol. The van der Waals surface area contributed by atoms with E-state index in [1.807, 2.05) is 12.1 Å². The molecule has 2 rings (SSSR count). The molecular formula is C13H17NO3. The maximum absolute atomic E-state index is 11.4. The molecule has 92 valence electrons. The number of hydrogen-bond donors (Lipinski definition) is 1. The smallest absolute Gasteiger partial charge is 0.159 e. The van der Waals surface area contributed by atoms with Gasteiger partial charge in [-0.1, -0.05) is 0 Å². The SMILES string of the molecule is COc1ccc(C(C)=O)cc1CC1CNCO1. The second kappa shape index (κ2) is 5.29. The number of benzene rings is 1. The molecule has 4 nitrogen and oxygen atoms in total. The van der Waals surface area contributed by atoms with E-state index in [4.69, 9.17) is 9.47 Å². The highest BCUT2D eigenvalue weighted by atomic mass is 16.5. The molecule has 1 fully saturated rings. The van der Waals surface area contributed by atoms with Crippen molar-refractivity contribution in [3.63, 3.8) is 0 Å². The predicted molar refractivity (Wildman–Crippen MR) is 64.4 cm³/mol. The molecule has 0 radical (unpaired) electrons. The third kappa shape index (κ3) is 2.84. The van der Waals surface area contributed by atoms with Crippen LogP contribution in [0.25, 0.3) is 0 Å². The van der Waals surface area contributed by atoms with Gasteiger partial charge in [0.1, 0.15) is 5.75 Å². The van der Waals surface area contributed by atoms with Crippen LogP contribution in [0.5, 0.6) is 5.75 Å². The van der Waals surface area contributed by atoms with Crippen LogP contribution in [-0.4, -0.2) is 32.3 Å². The Balaban J connectivity index is 2.21. The zero-order valence-electron chi connectivity index (χ0n) is 10.2. The molecule has 4 heteroatoms. The minimum atomic E-state index is 0.0689. The normalized spacial score (nSPS) is 19.3. The van der Waals surface area contributed by atoms with E-state index in [1.165, 1.54) is 0 Å². The van der Waals surface area contributed by atoms with Gasteiger partial charge in [0.2, 0.25) is 0 Å². The van der Waals surface area contributed by atoms with E-state index in [0.29, 0.717) is 12.3 Å². The molecule has 1 saturated heterocycles. The van der Waals surface area contributed by atoms with Gasteiger partial charge in [-0.3, -0.25) is 10.1 Å². The Hall–Kier alpha value is -1.39. The van der Waals surface area contributed by atoms with Crippen LogP contribution in [0.4, 0.5) is 0 Å². The third-order valence-electron chi connectivity index (χ3n) is 2.93. The summed E-state index contributed by atoms with van der Waals surface area (Å²) in [6.45, 7) is 3.01. The molecule has 0 aliphatic carbocycles. The summed E-state index contributed by atoms with van der Waals surface area (Å²) in [4.78, 5) is 11.4. The summed E-state index contributed by atoms with van der Waals surface area (Å²) >= 11 is 0. The molecule has 0 saturated carbocycles. The molecule has 1 aliphatic rings. The van der Waals surface area contributed by atoms with E-state index in [-0.39, 0.29) is 11.9 Å². The van der Waals surface area contributed by atoms with Gasteiger partial charge in [-0.05, 0) is 30.7 Å². The first-order valence-electron chi connectivity index (χ1n) is 5.71. The van der Waals surface area contributed by atoms with Crippen molar-refractivity contribution < 1.29 is 14.3 Å². The van der Waals surface area contributed by atoms with Crippen molar-refractivity contribution in [2.75, 3.05) is 20.4 Å². The molecule has 1 aromatic carbocycles. The number of hydrogen-bond acceptors (Lipinski definition) is 4. The zero-order chi connectivity index (χ0) is 12.3. The summed E-state index contributed by atoms with van der Waals surface area (Å²) in [5.74, 6) is 0.880. The Morgan fingerprint density at radius 2 is 2.41 bits per heavy atom. The predicted octanol–water partition coefficient (Wildman–Crippen LogP) is 1.39. The Labute approximate surface area is 101 Å². The van der Waals surface area contributed by atoms with Crippen LogP contribution >= 0.6 is 0 Å². The standard InChI is InChI=1S/C13H17NO3/c1-9(15)10-3-4-13(16-2)11(5-10)6-12-7-14-8-17-12/h3-5,12,14H,6-8H2,1-2H3. The van der Waals surface area contributed by atoms with Gasteiger partial charge in [0.25, 0.3) is 0 Å². The van der Waals surface area contributed by atoms with Gasteiger partial charge in [-0.25, -0.2) is 0 Å². The second-order valence-electron chi connectivity index (χ2n) is 4.17. The number of carbonyl (C=O) groups is 1. The van der Waals surface area contributed by atoms with E-state index in [2.05, 4.69) is 5.32 Å². The van der Waals surface area contributed by atoms with E-state index in [9.17, 15) is 4.79 Å². The maximum atomic E-state index is 11.4. The molecule has 0 bridgehead atoms.